The van der Waals surface area contributed by atoms with Gasteiger partial charge in [-0.2, -0.15) is 5.10 Å². The molecule has 5 nitrogen and oxygen atoms in total. The number of hydrogen-bond donors (Lipinski definition) is 1. The van der Waals surface area contributed by atoms with Crippen molar-refractivity contribution in [2.75, 3.05) is 13.2 Å². The molecule has 4 aromatic rings. The van der Waals surface area contributed by atoms with Crippen molar-refractivity contribution in [3.8, 4) is 11.3 Å². The first-order valence-corrected chi connectivity index (χ1v) is 12.6. The van der Waals surface area contributed by atoms with E-state index in [1.807, 2.05) is 4.52 Å². The van der Waals surface area contributed by atoms with Gasteiger partial charge in [0.1, 0.15) is 6.33 Å². The third-order valence-electron chi connectivity index (χ3n) is 7.98. The predicted octanol–water partition coefficient (Wildman–Crippen LogP) is 6.62. The minimum Gasteiger partial charge on any atom is -0.381 e. The van der Waals surface area contributed by atoms with Crippen LogP contribution in [-0.4, -0.2) is 32.8 Å². The van der Waals surface area contributed by atoms with Crippen LogP contribution in [0.4, 0.5) is 0 Å². The second-order valence-electron chi connectivity index (χ2n) is 10.7. The van der Waals surface area contributed by atoms with Gasteiger partial charge in [0, 0.05) is 28.6 Å². The minimum absolute atomic E-state index is 0.427. The molecular weight excluding hydrogens is 408 g/mol. The Bertz CT molecular complexity index is 1290. The summed E-state index contributed by atoms with van der Waals surface area (Å²) < 4.78 is 7.27. The summed E-state index contributed by atoms with van der Waals surface area (Å²) in [5.41, 5.74) is 8.60. The number of pyridine rings is 1. The number of benzene rings is 1. The molecule has 6 rings (SSSR count). The zero-order valence-electron chi connectivity index (χ0n) is 20.0. The molecule has 1 saturated heterocycles. The quantitative estimate of drug-likeness (QED) is 0.378. The maximum absolute atomic E-state index is 5.38. The molecule has 1 N–H and O–H groups in total. The van der Waals surface area contributed by atoms with Crippen molar-refractivity contribution in [1.82, 2.24) is 19.6 Å². The molecule has 1 saturated carbocycles. The van der Waals surface area contributed by atoms with Crippen LogP contribution >= 0.6 is 0 Å². The summed E-state index contributed by atoms with van der Waals surface area (Å²) in [6.07, 6.45) is 10.5. The predicted molar refractivity (Wildman–Crippen MR) is 133 cm³/mol. The van der Waals surface area contributed by atoms with Gasteiger partial charge in [0.15, 0.2) is 5.65 Å². The molecule has 1 aliphatic heterocycles. The fourth-order valence-corrected chi connectivity index (χ4v) is 6.17. The van der Waals surface area contributed by atoms with Crippen molar-refractivity contribution >= 4 is 16.6 Å². The van der Waals surface area contributed by atoms with Crippen LogP contribution in [0.2, 0.25) is 0 Å². The van der Waals surface area contributed by atoms with Gasteiger partial charge < -0.3 is 9.72 Å². The Balaban J connectivity index is 1.32. The van der Waals surface area contributed by atoms with Crippen LogP contribution in [0.15, 0.2) is 36.8 Å². The molecule has 172 valence electrons. The Morgan fingerprint density at radius 2 is 1.91 bits per heavy atom. The highest BCUT2D eigenvalue weighted by Gasteiger charge is 2.28. The van der Waals surface area contributed by atoms with Crippen LogP contribution in [-0.2, 0) is 4.74 Å². The minimum atomic E-state index is 0.427. The van der Waals surface area contributed by atoms with E-state index < -0.39 is 0 Å². The first kappa shape index (κ1) is 20.9. The van der Waals surface area contributed by atoms with Crippen LogP contribution < -0.4 is 0 Å². The molecule has 0 spiro atoms. The first-order valence-electron chi connectivity index (χ1n) is 12.6. The van der Waals surface area contributed by atoms with E-state index in [0.717, 1.165) is 36.3 Å². The number of nitrogens with one attached hydrogen (secondary N) is 1. The third-order valence-corrected chi connectivity index (χ3v) is 7.98. The highest BCUT2D eigenvalue weighted by atomic mass is 16.5. The monoisotopic (exact) mass is 442 g/mol. The molecule has 0 radical (unpaired) electrons. The number of rotatable bonds is 5. The van der Waals surface area contributed by atoms with Gasteiger partial charge in [-0.05, 0) is 91.7 Å². The van der Waals surface area contributed by atoms with E-state index in [2.05, 4.69) is 66.3 Å². The van der Waals surface area contributed by atoms with E-state index in [1.165, 1.54) is 65.4 Å². The number of aromatic nitrogens is 4. The summed E-state index contributed by atoms with van der Waals surface area (Å²) in [6, 6.07) is 9.38. The molecule has 1 aliphatic carbocycles. The van der Waals surface area contributed by atoms with Gasteiger partial charge in [0.2, 0.25) is 0 Å². The summed E-state index contributed by atoms with van der Waals surface area (Å²) >= 11 is 0. The zero-order chi connectivity index (χ0) is 22.5. The maximum atomic E-state index is 5.38. The van der Waals surface area contributed by atoms with E-state index in [0.29, 0.717) is 11.8 Å². The number of H-pyrrole nitrogens is 1. The second-order valence-corrected chi connectivity index (χ2v) is 10.7. The molecule has 0 atom stereocenters. The smallest absolute Gasteiger partial charge is 0.158 e. The van der Waals surface area contributed by atoms with Gasteiger partial charge in [-0.1, -0.05) is 19.9 Å². The Labute approximate surface area is 195 Å². The molecule has 3 aromatic heterocycles. The molecule has 1 aromatic carbocycles. The van der Waals surface area contributed by atoms with Crippen molar-refractivity contribution in [1.29, 1.82) is 0 Å². The summed E-state index contributed by atoms with van der Waals surface area (Å²) in [6.45, 7) is 8.70. The standard InChI is InChI=1S/C28H34N4O/c1-17(2)26-24-12-22(21-6-4-19(5-7-21)11-20-14-33-15-20)8-9-25(24)31-27(26)23-10-18(3)28-29-16-30-32(28)13-23/h8-10,12-13,16-17,19-21,31H,4-7,11,14-15H2,1-3H3. The van der Waals surface area contributed by atoms with Gasteiger partial charge in [0.25, 0.3) is 0 Å². The Morgan fingerprint density at radius 3 is 2.64 bits per heavy atom. The Hall–Kier alpha value is -2.66. The lowest BCUT2D eigenvalue weighted by molar-refractivity contribution is -0.0448. The average molecular weight is 443 g/mol. The largest absolute Gasteiger partial charge is 0.381 e. The molecule has 0 bridgehead atoms. The zero-order valence-corrected chi connectivity index (χ0v) is 20.0. The first-order chi connectivity index (χ1) is 16.1. The maximum Gasteiger partial charge on any atom is 0.158 e. The molecule has 33 heavy (non-hydrogen) atoms. The Kier molecular flexibility index (Phi) is 5.25. The van der Waals surface area contributed by atoms with Crippen molar-refractivity contribution in [2.45, 2.75) is 64.7 Å². The number of hydrogen-bond acceptors (Lipinski definition) is 3. The van der Waals surface area contributed by atoms with Crippen LogP contribution in [0.1, 0.15) is 74.5 Å². The topological polar surface area (TPSA) is 55.2 Å². The third kappa shape index (κ3) is 3.76. The number of aromatic amines is 1. The summed E-state index contributed by atoms with van der Waals surface area (Å²) in [5, 5.41) is 5.76. The molecule has 5 heteroatoms. The number of fused-ring (bicyclic) bond motifs is 2. The number of nitrogens with zero attached hydrogens (tertiary/aromatic N) is 3. The number of ether oxygens (including phenoxy) is 1. The lowest BCUT2D eigenvalue weighted by atomic mass is 9.75. The molecule has 0 unspecified atom stereocenters. The molecule has 2 fully saturated rings. The van der Waals surface area contributed by atoms with E-state index in [-0.39, 0.29) is 0 Å². The van der Waals surface area contributed by atoms with Crippen molar-refractivity contribution < 1.29 is 4.74 Å². The van der Waals surface area contributed by atoms with E-state index in [1.54, 1.807) is 6.33 Å². The van der Waals surface area contributed by atoms with Gasteiger partial charge in [-0.3, -0.25) is 0 Å². The number of aryl methyl sites for hydroxylation is 1. The Morgan fingerprint density at radius 1 is 1.09 bits per heavy atom. The van der Waals surface area contributed by atoms with Crippen molar-refractivity contribution in [3.05, 3.63) is 53.5 Å². The second kappa shape index (κ2) is 8.28. The summed E-state index contributed by atoms with van der Waals surface area (Å²) in [4.78, 5) is 8.13. The molecule has 0 amide bonds. The van der Waals surface area contributed by atoms with E-state index >= 15 is 0 Å². The van der Waals surface area contributed by atoms with Crippen LogP contribution in [0.5, 0.6) is 0 Å². The lowest BCUT2D eigenvalue weighted by Gasteiger charge is -2.34. The van der Waals surface area contributed by atoms with E-state index in [9.17, 15) is 0 Å². The summed E-state index contributed by atoms with van der Waals surface area (Å²) in [7, 11) is 0. The van der Waals surface area contributed by atoms with Crippen LogP contribution in [0.3, 0.4) is 0 Å². The van der Waals surface area contributed by atoms with Gasteiger partial charge in [-0.25, -0.2) is 9.50 Å². The fourth-order valence-electron chi connectivity index (χ4n) is 6.17. The molecule has 2 aliphatic rings. The van der Waals surface area contributed by atoms with Crippen molar-refractivity contribution in [2.24, 2.45) is 11.8 Å². The molecular formula is C28H34N4O. The molecule has 4 heterocycles. The SMILES string of the molecule is Cc1cc(-c2[nH]c3ccc(C4CCC(CC5COC5)CC4)cc3c2C(C)C)cn2ncnc12. The van der Waals surface area contributed by atoms with Gasteiger partial charge in [-0.15, -0.1) is 0 Å². The normalized spacial score (nSPS) is 21.8. The average Bonchev–Trinajstić information content (AvgIpc) is 3.41. The van der Waals surface area contributed by atoms with Crippen LogP contribution in [0.25, 0.3) is 27.8 Å². The summed E-state index contributed by atoms with van der Waals surface area (Å²) in [5.74, 6) is 2.85. The van der Waals surface area contributed by atoms with Gasteiger partial charge >= 0.3 is 0 Å². The van der Waals surface area contributed by atoms with Crippen molar-refractivity contribution in [3.63, 3.8) is 0 Å². The van der Waals surface area contributed by atoms with Crippen LogP contribution in [0, 0.1) is 18.8 Å². The lowest BCUT2D eigenvalue weighted by Crippen LogP contribution is -2.30. The fraction of sp³-hybridized carbons (Fsp3) is 0.500. The van der Waals surface area contributed by atoms with E-state index in [4.69, 9.17) is 4.74 Å². The highest BCUT2D eigenvalue weighted by molar-refractivity contribution is 5.92. The van der Waals surface area contributed by atoms with Gasteiger partial charge in [0.05, 0.1) is 18.9 Å². The highest BCUT2D eigenvalue weighted by Crippen LogP contribution is 2.42.